The average molecular weight is 196 g/mol. The summed E-state index contributed by atoms with van der Waals surface area (Å²) in [4.78, 5) is 0. The van der Waals surface area contributed by atoms with Crippen LogP contribution in [0.15, 0.2) is 0 Å². The third-order valence-corrected chi connectivity index (χ3v) is 4.04. The first-order chi connectivity index (χ1) is 6.85. The zero-order valence-electron chi connectivity index (χ0n) is 9.44. The molecule has 0 amide bonds. The van der Waals surface area contributed by atoms with Gasteiger partial charge in [-0.05, 0) is 63.1 Å². The molecule has 1 unspecified atom stereocenters. The van der Waals surface area contributed by atoms with Crippen molar-refractivity contribution in [3.63, 3.8) is 0 Å². The Bertz CT molecular complexity index is 169. The van der Waals surface area contributed by atoms with Crippen molar-refractivity contribution in [1.29, 1.82) is 0 Å². The fraction of sp³-hybridized carbons (Fsp3) is 1.00. The smallest absolute Gasteiger partial charge is 0.000784 e. The van der Waals surface area contributed by atoms with E-state index in [1.165, 1.54) is 58.3 Å². The molecule has 0 aromatic carbocycles. The number of nitrogens with one attached hydrogen (secondary N) is 2. The Morgan fingerprint density at radius 3 is 2.86 bits per heavy atom. The minimum atomic E-state index is 0.710. The molecule has 2 heteroatoms. The van der Waals surface area contributed by atoms with E-state index in [2.05, 4.69) is 17.6 Å². The van der Waals surface area contributed by atoms with Crippen LogP contribution >= 0.6 is 0 Å². The van der Waals surface area contributed by atoms with Gasteiger partial charge in [0.2, 0.25) is 0 Å². The normalized spacial score (nSPS) is 30.2. The van der Waals surface area contributed by atoms with Crippen molar-refractivity contribution < 1.29 is 0 Å². The molecule has 2 aliphatic rings. The lowest BCUT2D eigenvalue weighted by Crippen LogP contribution is -2.37. The summed E-state index contributed by atoms with van der Waals surface area (Å²) < 4.78 is 0. The van der Waals surface area contributed by atoms with Crippen LogP contribution in [0, 0.1) is 11.3 Å². The number of rotatable bonds is 5. The van der Waals surface area contributed by atoms with Gasteiger partial charge in [0, 0.05) is 6.54 Å². The van der Waals surface area contributed by atoms with Gasteiger partial charge in [-0.25, -0.2) is 0 Å². The maximum Gasteiger partial charge on any atom is 0.000784 e. The van der Waals surface area contributed by atoms with Crippen LogP contribution in [-0.2, 0) is 0 Å². The summed E-state index contributed by atoms with van der Waals surface area (Å²) in [6.07, 6.45) is 7.06. The van der Waals surface area contributed by atoms with E-state index >= 15 is 0 Å². The van der Waals surface area contributed by atoms with Crippen LogP contribution < -0.4 is 10.6 Å². The highest BCUT2D eigenvalue weighted by Crippen LogP contribution is 2.47. The maximum absolute atomic E-state index is 3.67. The minimum Gasteiger partial charge on any atom is -0.316 e. The quantitative estimate of drug-likeness (QED) is 0.700. The molecule has 2 fully saturated rings. The van der Waals surface area contributed by atoms with Crippen LogP contribution in [0.4, 0.5) is 0 Å². The Hall–Kier alpha value is -0.0800. The molecule has 0 radical (unpaired) electrons. The van der Waals surface area contributed by atoms with E-state index in [1.54, 1.807) is 0 Å². The Kier molecular flexibility index (Phi) is 3.45. The van der Waals surface area contributed by atoms with Gasteiger partial charge in [0.25, 0.3) is 0 Å². The van der Waals surface area contributed by atoms with Crippen molar-refractivity contribution in [3.8, 4) is 0 Å². The van der Waals surface area contributed by atoms with E-state index in [9.17, 15) is 0 Å². The van der Waals surface area contributed by atoms with Crippen LogP contribution in [0.1, 0.15) is 39.0 Å². The van der Waals surface area contributed by atoms with E-state index in [0.717, 1.165) is 5.92 Å². The van der Waals surface area contributed by atoms with Gasteiger partial charge in [-0.1, -0.05) is 6.92 Å². The van der Waals surface area contributed by atoms with Crippen LogP contribution in [0.25, 0.3) is 0 Å². The van der Waals surface area contributed by atoms with E-state index in [1.807, 2.05) is 0 Å². The van der Waals surface area contributed by atoms with Gasteiger partial charge in [0.15, 0.2) is 0 Å². The minimum absolute atomic E-state index is 0.710. The summed E-state index contributed by atoms with van der Waals surface area (Å²) in [6.45, 7) is 7.28. The molecule has 1 aliphatic heterocycles. The molecule has 0 aromatic heterocycles. The van der Waals surface area contributed by atoms with Gasteiger partial charge in [-0.15, -0.1) is 0 Å². The molecule has 1 saturated carbocycles. The van der Waals surface area contributed by atoms with Gasteiger partial charge in [-0.3, -0.25) is 0 Å². The lowest BCUT2D eigenvalue weighted by molar-refractivity contribution is 0.341. The van der Waals surface area contributed by atoms with Gasteiger partial charge >= 0.3 is 0 Å². The lowest BCUT2D eigenvalue weighted by Gasteiger charge is -2.24. The van der Waals surface area contributed by atoms with Crippen LogP contribution in [0.2, 0.25) is 0 Å². The zero-order chi connectivity index (χ0) is 9.86. The summed E-state index contributed by atoms with van der Waals surface area (Å²) in [5, 5.41) is 7.14. The van der Waals surface area contributed by atoms with E-state index in [0.29, 0.717) is 5.41 Å². The van der Waals surface area contributed by atoms with E-state index < -0.39 is 0 Å². The predicted octanol–water partition coefficient (Wildman–Crippen LogP) is 1.77. The monoisotopic (exact) mass is 196 g/mol. The predicted molar refractivity (Wildman–Crippen MR) is 60.4 cm³/mol. The Balaban J connectivity index is 1.58. The third kappa shape index (κ3) is 2.71. The number of hydrogen-bond acceptors (Lipinski definition) is 2. The molecule has 0 aromatic rings. The topological polar surface area (TPSA) is 24.1 Å². The summed E-state index contributed by atoms with van der Waals surface area (Å²) in [7, 11) is 0. The summed E-state index contributed by atoms with van der Waals surface area (Å²) in [6, 6.07) is 0. The largest absolute Gasteiger partial charge is 0.316 e. The van der Waals surface area contributed by atoms with Crippen molar-refractivity contribution in [1.82, 2.24) is 10.6 Å². The molecule has 2 nitrogen and oxygen atoms in total. The number of hydrogen-bond donors (Lipinski definition) is 2. The molecular weight excluding hydrogens is 172 g/mol. The average Bonchev–Trinajstić information content (AvgIpc) is 3.00. The molecule has 0 spiro atoms. The van der Waals surface area contributed by atoms with Crippen LogP contribution in [-0.4, -0.2) is 26.2 Å². The molecule has 2 rings (SSSR count). The number of piperidine rings is 1. The highest BCUT2D eigenvalue weighted by atomic mass is 14.9. The molecule has 82 valence electrons. The van der Waals surface area contributed by atoms with Gasteiger partial charge in [0.1, 0.15) is 0 Å². The lowest BCUT2D eigenvalue weighted by atomic mass is 9.98. The molecular formula is C12H24N2. The van der Waals surface area contributed by atoms with Crippen LogP contribution in [0.3, 0.4) is 0 Å². The fourth-order valence-corrected chi connectivity index (χ4v) is 2.47. The van der Waals surface area contributed by atoms with Gasteiger partial charge < -0.3 is 10.6 Å². The van der Waals surface area contributed by atoms with E-state index in [4.69, 9.17) is 0 Å². The molecule has 0 bridgehead atoms. The second kappa shape index (κ2) is 4.63. The molecule has 1 atom stereocenters. The second-order valence-corrected chi connectivity index (χ2v) is 5.20. The van der Waals surface area contributed by atoms with Crippen molar-refractivity contribution in [2.24, 2.45) is 11.3 Å². The highest BCUT2D eigenvalue weighted by Gasteiger charge is 2.39. The first-order valence-electron chi connectivity index (χ1n) is 6.26. The Labute approximate surface area is 87.8 Å². The zero-order valence-corrected chi connectivity index (χ0v) is 9.44. The summed E-state index contributed by atoms with van der Waals surface area (Å²) in [5.41, 5.74) is 0.710. The third-order valence-electron chi connectivity index (χ3n) is 4.04. The van der Waals surface area contributed by atoms with Crippen molar-refractivity contribution in [2.45, 2.75) is 39.0 Å². The van der Waals surface area contributed by atoms with E-state index in [-0.39, 0.29) is 0 Å². The molecule has 2 N–H and O–H groups in total. The van der Waals surface area contributed by atoms with Crippen LogP contribution in [0.5, 0.6) is 0 Å². The van der Waals surface area contributed by atoms with Gasteiger partial charge in [0.05, 0.1) is 0 Å². The van der Waals surface area contributed by atoms with Crippen molar-refractivity contribution >= 4 is 0 Å². The molecule has 14 heavy (non-hydrogen) atoms. The summed E-state index contributed by atoms with van der Waals surface area (Å²) in [5.74, 6) is 0.886. The van der Waals surface area contributed by atoms with Gasteiger partial charge in [-0.2, -0.15) is 0 Å². The first-order valence-corrected chi connectivity index (χ1v) is 6.26. The highest BCUT2D eigenvalue weighted by molar-refractivity contribution is 4.93. The standard InChI is InChI=1S/C12H24N2/c1-2-12(5-6-12)10-14-9-11-4-3-7-13-8-11/h11,13-14H,2-10H2,1H3. The van der Waals surface area contributed by atoms with Crippen molar-refractivity contribution in [3.05, 3.63) is 0 Å². The molecule has 1 saturated heterocycles. The summed E-state index contributed by atoms with van der Waals surface area (Å²) >= 11 is 0. The Morgan fingerprint density at radius 2 is 2.29 bits per heavy atom. The Morgan fingerprint density at radius 1 is 1.43 bits per heavy atom. The van der Waals surface area contributed by atoms with Crippen molar-refractivity contribution in [2.75, 3.05) is 26.2 Å². The second-order valence-electron chi connectivity index (χ2n) is 5.20. The molecule has 1 heterocycles. The molecule has 1 aliphatic carbocycles. The SMILES string of the molecule is CCC1(CNCC2CCCNC2)CC1. The fourth-order valence-electron chi connectivity index (χ4n) is 2.47. The first kappa shape index (κ1) is 10.4. The maximum atomic E-state index is 3.67.